The van der Waals surface area contributed by atoms with Crippen molar-refractivity contribution in [2.45, 2.75) is 88.8 Å². The fraction of sp³-hybridized carbons (Fsp3) is 0.810. The van der Waals surface area contributed by atoms with E-state index in [0.29, 0.717) is 31.1 Å². The number of carbonyl (C=O) groups excluding carboxylic acids is 4. The molecule has 5 rings (SSSR count). The monoisotopic (exact) mass is 391 g/mol. The van der Waals surface area contributed by atoms with E-state index in [1.165, 1.54) is 6.42 Å². The molecule has 2 atom stereocenters. The van der Waals surface area contributed by atoms with Crippen LogP contribution in [0.3, 0.4) is 0 Å². The summed E-state index contributed by atoms with van der Waals surface area (Å²) in [5.41, 5.74) is -1.39. The summed E-state index contributed by atoms with van der Waals surface area (Å²) in [6, 6.07) is 0. The average Bonchev–Trinajstić information content (AvgIpc) is 2.60. The van der Waals surface area contributed by atoms with E-state index in [-0.39, 0.29) is 12.1 Å². The maximum Gasteiger partial charge on any atom is 0.314 e. The third kappa shape index (κ3) is 3.67. The zero-order valence-electron chi connectivity index (χ0n) is 16.1. The highest BCUT2D eigenvalue weighted by Crippen LogP contribution is 2.63. The standard InChI is InChI=1S/C21H28O7/c22-16(18(24)25)7-17(23)28-21-10-13-6-14(11-21)9-20(8-13,12-21)19(26)27-15-4-2-1-3-5-15/h13-15H,1-12H2,(H,24,25)/p-1. The van der Waals surface area contributed by atoms with Crippen LogP contribution in [0.1, 0.15) is 77.0 Å². The summed E-state index contributed by atoms with van der Waals surface area (Å²) in [6.45, 7) is 0. The van der Waals surface area contributed by atoms with Crippen molar-refractivity contribution in [2.75, 3.05) is 0 Å². The molecular weight excluding hydrogens is 364 g/mol. The van der Waals surface area contributed by atoms with Gasteiger partial charge in [0.1, 0.15) is 24.1 Å². The Kier molecular flexibility index (Phi) is 4.96. The Morgan fingerprint density at radius 3 is 2.18 bits per heavy atom. The SMILES string of the molecule is O=C(CC(=O)C(=O)[O-])OC12CC3CC(C1)CC(C(=O)OC1CCCCC1)(C3)C2. The molecule has 5 aliphatic carbocycles. The zero-order chi connectivity index (χ0) is 19.9. The molecule has 5 fully saturated rings. The van der Waals surface area contributed by atoms with Gasteiger partial charge in [-0.05, 0) is 69.6 Å². The van der Waals surface area contributed by atoms with Crippen LogP contribution in [-0.2, 0) is 28.7 Å². The van der Waals surface area contributed by atoms with E-state index in [4.69, 9.17) is 9.47 Å². The van der Waals surface area contributed by atoms with E-state index >= 15 is 0 Å². The van der Waals surface area contributed by atoms with Gasteiger partial charge in [0.05, 0.1) is 5.41 Å². The third-order valence-corrected chi connectivity index (χ3v) is 7.13. The van der Waals surface area contributed by atoms with Gasteiger partial charge in [-0.3, -0.25) is 14.4 Å². The minimum atomic E-state index is -1.88. The number of carboxylic acids is 1. The number of ketones is 1. The molecule has 0 aliphatic heterocycles. The Morgan fingerprint density at radius 1 is 0.929 bits per heavy atom. The highest BCUT2D eigenvalue weighted by atomic mass is 16.6. The molecule has 7 heteroatoms. The first kappa shape index (κ1) is 19.4. The van der Waals surface area contributed by atoms with Crippen molar-refractivity contribution in [3.8, 4) is 0 Å². The van der Waals surface area contributed by atoms with Crippen molar-refractivity contribution in [3.63, 3.8) is 0 Å². The van der Waals surface area contributed by atoms with Gasteiger partial charge in [0.25, 0.3) is 0 Å². The smallest absolute Gasteiger partial charge is 0.314 e. The second-order valence-electron chi connectivity index (χ2n) is 9.45. The lowest BCUT2D eigenvalue weighted by molar-refractivity contribution is -0.300. The van der Waals surface area contributed by atoms with Crippen LogP contribution in [0.15, 0.2) is 0 Å². The Labute approximate surface area is 164 Å². The molecule has 0 aromatic carbocycles. The van der Waals surface area contributed by atoms with E-state index in [0.717, 1.165) is 44.9 Å². The predicted molar refractivity (Wildman–Crippen MR) is 93.5 cm³/mol. The van der Waals surface area contributed by atoms with E-state index in [2.05, 4.69) is 0 Å². The van der Waals surface area contributed by atoms with Crippen LogP contribution in [0.25, 0.3) is 0 Å². The van der Waals surface area contributed by atoms with Crippen molar-refractivity contribution >= 4 is 23.7 Å². The lowest BCUT2D eigenvalue weighted by Crippen LogP contribution is -2.60. The Bertz CT molecular complexity index is 677. The molecular formula is C21H27O7-. The summed E-state index contributed by atoms with van der Waals surface area (Å²) in [7, 11) is 0. The maximum atomic E-state index is 13.2. The fourth-order valence-corrected chi connectivity index (χ4v) is 6.48. The minimum absolute atomic E-state index is 0.00607. The number of esters is 2. The number of Topliss-reactive ketones (excluding diaryl/α,β-unsaturated/α-hetero) is 1. The molecule has 4 bridgehead atoms. The fourth-order valence-electron chi connectivity index (χ4n) is 6.48. The zero-order valence-corrected chi connectivity index (χ0v) is 16.1. The second-order valence-corrected chi connectivity index (χ2v) is 9.45. The highest BCUT2D eigenvalue weighted by Gasteiger charge is 2.63. The highest BCUT2D eigenvalue weighted by molar-refractivity contribution is 6.34. The molecule has 0 heterocycles. The van der Waals surface area contributed by atoms with Crippen molar-refractivity contribution < 1.29 is 33.8 Å². The molecule has 0 aromatic rings. The largest absolute Gasteiger partial charge is 0.542 e. The maximum absolute atomic E-state index is 13.2. The van der Waals surface area contributed by atoms with Crippen LogP contribution < -0.4 is 5.11 Å². The topological polar surface area (TPSA) is 110 Å². The van der Waals surface area contributed by atoms with Crippen LogP contribution in [-0.4, -0.2) is 35.4 Å². The van der Waals surface area contributed by atoms with E-state index in [1.807, 2.05) is 0 Å². The molecule has 0 amide bonds. The second kappa shape index (κ2) is 7.16. The lowest BCUT2D eigenvalue weighted by atomic mass is 9.48. The van der Waals surface area contributed by atoms with Crippen molar-refractivity contribution in [3.05, 3.63) is 0 Å². The summed E-state index contributed by atoms with van der Waals surface area (Å²) < 4.78 is 11.6. The van der Waals surface area contributed by atoms with Crippen molar-refractivity contribution in [1.82, 2.24) is 0 Å². The van der Waals surface area contributed by atoms with Crippen molar-refractivity contribution in [2.24, 2.45) is 17.3 Å². The molecule has 0 radical (unpaired) electrons. The van der Waals surface area contributed by atoms with Crippen molar-refractivity contribution in [1.29, 1.82) is 0 Å². The lowest BCUT2D eigenvalue weighted by Gasteiger charge is -2.59. The van der Waals surface area contributed by atoms with Gasteiger partial charge in [0.15, 0.2) is 5.78 Å². The first-order valence-corrected chi connectivity index (χ1v) is 10.5. The molecule has 7 nitrogen and oxygen atoms in total. The first-order valence-electron chi connectivity index (χ1n) is 10.5. The first-order chi connectivity index (χ1) is 13.3. The number of aliphatic carboxylic acids is 1. The number of hydrogen-bond acceptors (Lipinski definition) is 7. The third-order valence-electron chi connectivity index (χ3n) is 7.13. The molecule has 154 valence electrons. The Hall–Kier alpha value is -1.92. The van der Waals surface area contributed by atoms with Crippen LogP contribution in [0.2, 0.25) is 0 Å². The molecule has 2 unspecified atom stereocenters. The van der Waals surface area contributed by atoms with E-state index < -0.39 is 35.2 Å². The normalized spacial score (nSPS) is 36.7. The molecule has 5 aliphatic rings. The quantitative estimate of drug-likeness (QED) is 0.383. The summed E-state index contributed by atoms with van der Waals surface area (Å²) in [5, 5.41) is 10.6. The van der Waals surface area contributed by atoms with Gasteiger partial charge in [-0.1, -0.05) is 6.42 Å². The minimum Gasteiger partial charge on any atom is -0.542 e. The van der Waals surface area contributed by atoms with Crippen LogP contribution in [0.4, 0.5) is 0 Å². The Morgan fingerprint density at radius 2 is 1.57 bits per heavy atom. The predicted octanol–water partition coefficient (Wildman–Crippen LogP) is 1.45. The Balaban J connectivity index is 1.47. The number of hydrogen-bond donors (Lipinski definition) is 0. The summed E-state index contributed by atoms with van der Waals surface area (Å²) in [4.78, 5) is 47.2. The van der Waals surface area contributed by atoms with Gasteiger partial charge < -0.3 is 19.4 Å². The molecule has 0 aromatic heterocycles. The number of rotatable bonds is 6. The van der Waals surface area contributed by atoms with Gasteiger partial charge in [0, 0.05) is 6.42 Å². The van der Waals surface area contributed by atoms with Gasteiger partial charge >= 0.3 is 11.9 Å². The number of carboxylic acid groups (broad SMARTS) is 1. The van der Waals surface area contributed by atoms with Crippen LogP contribution in [0.5, 0.6) is 0 Å². The molecule has 0 saturated heterocycles. The van der Waals surface area contributed by atoms with Crippen LogP contribution >= 0.6 is 0 Å². The summed E-state index contributed by atoms with van der Waals surface area (Å²) >= 11 is 0. The molecule has 5 saturated carbocycles. The van der Waals surface area contributed by atoms with Gasteiger partial charge in [0.2, 0.25) is 0 Å². The van der Waals surface area contributed by atoms with E-state index in [1.54, 1.807) is 0 Å². The summed E-state index contributed by atoms with van der Waals surface area (Å²) in [6.07, 6.45) is 8.70. The average molecular weight is 391 g/mol. The molecule has 0 spiro atoms. The molecule has 0 N–H and O–H groups in total. The number of ether oxygens (including phenoxy) is 2. The molecule has 28 heavy (non-hydrogen) atoms. The van der Waals surface area contributed by atoms with Crippen LogP contribution in [0, 0.1) is 17.3 Å². The van der Waals surface area contributed by atoms with Gasteiger partial charge in [-0.15, -0.1) is 0 Å². The van der Waals surface area contributed by atoms with Gasteiger partial charge in [-0.25, -0.2) is 0 Å². The summed E-state index contributed by atoms with van der Waals surface area (Å²) in [5.74, 6) is -3.56. The number of carbonyl (C=O) groups is 4. The van der Waals surface area contributed by atoms with E-state index in [9.17, 15) is 24.3 Å². The van der Waals surface area contributed by atoms with Gasteiger partial charge in [-0.2, -0.15) is 0 Å².